The summed E-state index contributed by atoms with van der Waals surface area (Å²) in [5.41, 5.74) is 1.12. The average Bonchev–Trinajstić information content (AvgIpc) is 3.04. The molecule has 8 heteroatoms. The number of carbonyl (C=O) groups excluding carboxylic acids is 1. The summed E-state index contributed by atoms with van der Waals surface area (Å²) in [4.78, 5) is 31.7. The lowest BCUT2D eigenvalue weighted by molar-refractivity contribution is 0.102. The quantitative estimate of drug-likeness (QED) is 0.727. The number of hydrogen-bond donors (Lipinski definition) is 1. The molecule has 1 aliphatic rings. The Morgan fingerprint density at radius 1 is 1.25 bits per heavy atom. The molecule has 3 aromatic rings. The Labute approximate surface area is 165 Å². The number of thiophene rings is 1. The second-order valence-corrected chi connectivity index (χ2v) is 7.70. The van der Waals surface area contributed by atoms with E-state index in [0.717, 1.165) is 25.1 Å². The number of anilines is 1. The van der Waals surface area contributed by atoms with Crippen molar-refractivity contribution in [2.24, 2.45) is 0 Å². The van der Waals surface area contributed by atoms with Gasteiger partial charge in [-0.2, -0.15) is 0 Å². The fraction of sp³-hybridized carbons (Fsp3) is 0.350. The third-order valence-corrected chi connectivity index (χ3v) is 6.21. The third kappa shape index (κ3) is 3.03. The standard InChI is InChI=1S/C20H21N3O4S/c1-11-16-19(22-15-6-4-5-9-23(15)20(16)25)28-17(11)18(24)21-13-10-12(26-2)7-8-14(13)27-3/h7-8,10H,4-6,9H2,1-3H3,(H,21,24). The van der Waals surface area contributed by atoms with E-state index in [2.05, 4.69) is 10.3 Å². The van der Waals surface area contributed by atoms with Crippen LogP contribution >= 0.6 is 11.3 Å². The van der Waals surface area contributed by atoms with Crippen molar-refractivity contribution in [2.45, 2.75) is 32.7 Å². The Morgan fingerprint density at radius 3 is 2.82 bits per heavy atom. The second-order valence-electron chi connectivity index (χ2n) is 6.70. The molecule has 0 radical (unpaired) electrons. The van der Waals surface area contributed by atoms with Crippen LogP contribution in [0, 0.1) is 6.92 Å². The largest absolute Gasteiger partial charge is 0.497 e. The Hall–Kier alpha value is -2.87. The van der Waals surface area contributed by atoms with Crippen LogP contribution < -0.4 is 20.3 Å². The van der Waals surface area contributed by atoms with Crippen LogP contribution in [0.2, 0.25) is 0 Å². The number of nitrogens with one attached hydrogen (secondary N) is 1. The Balaban J connectivity index is 1.75. The first kappa shape index (κ1) is 18.5. The van der Waals surface area contributed by atoms with Gasteiger partial charge in [-0.05, 0) is 37.5 Å². The van der Waals surface area contributed by atoms with Gasteiger partial charge in [-0.25, -0.2) is 4.98 Å². The van der Waals surface area contributed by atoms with Gasteiger partial charge in [-0.3, -0.25) is 14.2 Å². The van der Waals surface area contributed by atoms with E-state index in [4.69, 9.17) is 9.47 Å². The van der Waals surface area contributed by atoms with E-state index in [-0.39, 0.29) is 11.5 Å². The van der Waals surface area contributed by atoms with Crippen molar-refractivity contribution in [1.82, 2.24) is 9.55 Å². The maximum atomic E-state index is 13.0. The van der Waals surface area contributed by atoms with E-state index < -0.39 is 0 Å². The zero-order valence-electron chi connectivity index (χ0n) is 16.0. The van der Waals surface area contributed by atoms with Crippen LogP contribution in [0.15, 0.2) is 23.0 Å². The molecule has 0 saturated heterocycles. The summed E-state index contributed by atoms with van der Waals surface area (Å²) in [7, 11) is 3.10. The minimum absolute atomic E-state index is 0.0496. The summed E-state index contributed by atoms with van der Waals surface area (Å²) in [6.45, 7) is 2.49. The molecule has 0 fully saturated rings. The van der Waals surface area contributed by atoms with Crippen molar-refractivity contribution in [3.63, 3.8) is 0 Å². The predicted molar refractivity (Wildman–Crippen MR) is 109 cm³/mol. The number of ether oxygens (including phenoxy) is 2. The lowest BCUT2D eigenvalue weighted by Crippen LogP contribution is -2.28. The molecule has 2 aromatic heterocycles. The maximum Gasteiger partial charge on any atom is 0.266 e. The minimum Gasteiger partial charge on any atom is -0.497 e. The summed E-state index contributed by atoms with van der Waals surface area (Å²) < 4.78 is 12.3. The fourth-order valence-corrected chi connectivity index (χ4v) is 4.63. The van der Waals surface area contributed by atoms with Gasteiger partial charge in [0.05, 0.1) is 30.2 Å². The summed E-state index contributed by atoms with van der Waals surface area (Å²) >= 11 is 1.25. The number of rotatable bonds is 4. The molecule has 4 rings (SSSR count). The molecule has 3 heterocycles. The SMILES string of the molecule is COc1ccc(OC)c(NC(=O)c2sc3nc4n(c(=O)c3c2C)CCCC4)c1. The van der Waals surface area contributed by atoms with Crippen molar-refractivity contribution in [3.05, 3.63) is 44.8 Å². The number of aromatic nitrogens is 2. The van der Waals surface area contributed by atoms with Gasteiger partial charge in [-0.15, -0.1) is 11.3 Å². The van der Waals surface area contributed by atoms with E-state index in [9.17, 15) is 9.59 Å². The summed E-state index contributed by atoms with van der Waals surface area (Å²) in [5, 5.41) is 3.41. The van der Waals surface area contributed by atoms with Crippen LogP contribution in [-0.4, -0.2) is 29.7 Å². The number of hydrogen-bond acceptors (Lipinski definition) is 6. The van der Waals surface area contributed by atoms with Crippen molar-refractivity contribution in [2.75, 3.05) is 19.5 Å². The predicted octanol–water partition coefficient (Wildman–Crippen LogP) is 3.37. The van der Waals surface area contributed by atoms with Crippen LogP contribution in [0.25, 0.3) is 10.2 Å². The van der Waals surface area contributed by atoms with Crippen molar-refractivity contribution >= 4 is 33.1 Å². The highest BCUT2D eigenvalue weighted by atomic mass is 32.1. The maximum absolute atomic E-state index is 13.0. The second kappa shape index (κ2) is 7.27. The lowest BCUT2D eigenvalue weighted by atomic mass is 10.1. The number of nitrogens with zero attached hydrogens (tertiary/aromatic N) is 2. The van der Waals surface area contributed by atoms with Gasteiger partial charge >= 0.3 is 0 Å². The first-order valence-corrected chi connectivity index (χ1v) is 9.91. The van der Waals surface area contributed by atoms with Gasteiger partial charge in [-0.1, -0.05) is 0 Å². The van der Waals surface area contributed by atoms with E-state index >= 15 is 0 Å². The molecule has 0 saturated carbocycles. The topological polar surface area (TPSA) is 82.4 Å². The molecule has 0 atom stereocenters. The smallest absolute Gasteiger partial charge is 0.266 e. The zero-order valence-corrected chi connectivity index (χ0v) is 16.8. The van der Waals surface area contributed by atoms with E-state index in [1.807, 2.05) is 0 Å². The molecule has 1 aromatic carbocycles. The van der Waals surface area contributed by atoms with Crippen molar-refractivity contribution < 1.29 is 14.3 Å². The number of aryl methyl sites for hydroxylation is 2. The molecule has 7 nitrogen and oxygen atoms in total. The first-order chi connectivity index (χ1) is 13.5. The van der Waals surface area contributed by atoms with Crippen LogP contribution in [-0.2, 0) is 13.0 Å². The van der Waals surface area contributed by atoms with Gasteiger partial charge < -0.3 is 14.8 Å². The van der Waals surface area contributed by atoms with Crippen LogP contribution in [0.4, 0.5) is 5.69 Å². The number of benzene rings is 1. The van der Waals surface area contributed by atoms with Gasteiger partial charge in [0.15, 0.2) is 0 Å². The van der Waals surface area contributed by atoms with Gasteiger partial charge in [0.2, 0.25) is 0 Å². The third-order valence-electron chi connectivity index (χ3n) is 5.02. The zero-order chi connectivity index (χ0) is 19.8. The molecular formula is C20H21N3O4S. The van der Waals surface area contributed by atoms with Gasteiger partial charge in [0.1, 0.15) is 22.2 Å². The van der Waals surface area contributed by atoms with Gasteiger partial charge in [0.25, 0.3) is 11.5 Å². The lowest BCUT2D eigenvalue weighted by Gasteiger charge is -2.16. The number of amides is 1. The molecule has 0 bridgehead atoms. The highest BCUT2D eigenvalue weighted by Crippen LogP contribution is 2.32. The number of methoxy groups -OCH3 is 2. The fourth-order valence-electron chi connectivity index (χ4n) is 3.54. The van der Waals surface area contributed by atoms with E-state index in [0.29, 0.717) is 44.4 Å². The Morgan fingerprint density at radius 2 is 2.07 bits per heavy atom. The number of fused-ring (bicyclic) bond motifs is 2. The van der Waals surface area contributed by atoms with Crippen LogP contribution in [0.5, 0.6) is 11.5 Å². The van der Waals surface area contributed by atoms with E-state index in [1.54, 1.807) is 36.8 Å². The summed E-state index contributed by atoms with van der Waals surface area (Å²) in [6.07, 6.45) is 2.81. The highest BCUT2D eigenvalue weighted by Gasteiger charge is 2.23. The molecule has 28 heavy (non-hydrogen) atoms. The first-order valence-electron chi connectivity index (χ1n) is 9.09. The number of carbonyl (C=O) groups is 1. The molecule has 1 amide bonds. The van der Waals surface area contributed by atoms with Crippen molar-refractivity contribution in [3.8, 4) is 11.5 Å². The minimum atomic E-state index is -0.297. The van der Waals surface area contributed by atoms with Crippen molar-refractivity contribution in [1.29, 1.82) is 0 Å². The molecule has 0 spiro atoms. The summed E-state index contributed by atoms with van der Waals surface area (Å²) in [5.74, 6) is 1.65. The Kier molecular flexibility index (Phi) is 4.80. The molecule has 0 aliphatic carbocycles. The van der Waals surface area contributed by atoms with Crippen LogP contribution in [0.1, 0.15) is 33.9 Å². The summed E-state index contributed by atoms with van der Waals surface area (Å²) in [6, 6.07) is 5.19. The molecular weight excluding hydrogens is 378 g/mol. The van der Waals surface area contributed by atoms with Gasteiger partial charge in [0, 0.05) is 19.0 Å². The molecule has 1 aliphatic heterocycles. The molecule has 0 unspecified atom stereocenters. The average molecular weight is 399 g/mol. The highest BCUT2D eigenvalue weighted by molar-refractivity contribution is 7.20. The molecule has 1 N–H and O–H groups in total. The normalized spacial score (nSPS) is 13.2. The monoisotopic (exact) mass is 399 g/mol. The molecule has 146 valence electrons. The Bertz CT molecular complexity index is 1130. The van der Waals surface area contributed by atoms with E-state index in [1.165, 1.54) is 18.4 Å². The van der Waals surface area contributed by atoms with Crippen LogP contribution in [0.3, 0.4) is 0 Å².